The molecular weight excluding hydrogens is 220 g/mol. The summed E-state index contributed by atoms with van der Waals surface area (Å²) >= 11 is 0. The van der Waals surface area contributed by atoms with Crippen molar-refractivity contribution in [2.24, 2.45) is 0 Å². The first-order valence-corrected chi connectivity index (χ1v) is 6.18. The van der Waals surface area contributed by atoms with Gasteiger partial charge in [-0.3, -0.25) is 0 Å². The first kappa shape index (κ1) is 10.9. The molecule has 3 aromatic rings. The number of benzene rings is 1. The third-order valence-corrected chi connectivity index (χ3v) is 3.24. The van der Waals surface area contributed by atoms with E-state index in [0.29, 0.717) is 0 Å². The number of aromatic nitrogens is 2. The molecule has 0 aliphatic heterocycles. The van der Waals surface area contributed by atoms with Crippen molar-refractivity contribution in [2.45, 2.75) is 12.8 Å². The maximum atomic E-state index is 3.32. The monoisotopic (exact) mass is 236 g/mol. The zero-order valence-electron chi connectivity index (χ0n) is 10.4. The van der Waals surface area contributed by atoms with E-state index in [1.54, 1.807) is 0 Å². The van der Waals surface area contributed by atoms with E-state index in [9.17, 15) is 0 Å². The van der Waals surface area contributed by atoms with Crippen LogP contribution in [0.5, 0.6) is 0 Å². The molecule has 0 radical (unpaired) electrons. The Hall–Kier alpha value is -2.22. The first-order valence-electron chi connectivity index (χ1n) is 6.18. The van der Waals surface area contributed by atoms with Crippen LogP contribution in [0.4, 0.5) is 0 Å². The van der Waals surface area contributed by atoms with Gasteiger partial charge in [0.2, 0.25) is 0 Å². The smallest absolute Gasteiger partial charge is 0.0641 e. The van der Waals surface area contributed by atoms with Gasteiger partial charge in [0.1, 0.15) is 0 Å². The summed E-state index contributed by atoms with van der Waals surface area (Å²) in [6.45, 7) is 2.13. The van der Waals surface area contributed by atoms with Crippen molar-refractivity contribution >= 4 is 0 Å². The third-order valence-electron chi connectivity index (χ3n) is 3.24. The van der Waals surface area contributed by atoms with E-state index < -0.39 is 0 Å². The number of aromatic amines is 2. The SMILES string of the molecule is Cc1cccc(C(c2ccc[nH]2)c2ccc[nH]2)c1. The van der Waals surface area contributed by atoms with Crippen molar-refractivity contribution in [1.82, 2.24) is 9.97 Å². The maximum absolute atomic E-state index is 3.32. The van der Waals surface area contributed by atoms with Crippen LogP contribution in [0.3, 0.4) is 0 Å². The van der Waals surface area contributed by atoms with Crippen LogP contribution in [0.15, 0.2) is 60.9 Å². The summed E-state index contributed by atoms with van der Waals surface area (Å²) in [7, 11) is 0. The van der Waals surface area contributed by atoms with Gasteiger partial charge in [0, 0.05) is 23.8 Å². The summed E-state index contributed by atoms with van der Waals surface area (Å²) in [5.41, 5.74) is 5.02. The minimum absolute atomic E-state index is 0.245. The fourth-order valence-corrected chi connectivity index (χ4v) is 2.42. The highest BCUT2D eigenvalue weighted by Gasteiger charge is 2.18. The lowest BCUT2D eigenvalue weighted by atomic mass is 9.92. The number of hydrogen-bond acceptors (Lipinski definition) is 0. The molecule has 0 unspecified atom stereocenters. The predicted molar refractivity (Wildman–Crippen MR) is 73.7 cm³/mol. The zero-order valence-corrected chi connectivity index (χ0v) is 10.4. The van der Waals surface area contributed by atoms with E-state index >= 15 is 0 Å². The summed E-state index contributed by atoms with van der Waals surface area (Å²) in [4.78, 5) is 6.65. The molecule has 0 amide bonds. The molecule has 2 N–H and O–H groups in total. The van der Waals surface area contributed by atoms with E-state index in [0.717, 1.165) is 0 Å². The molecule has 0 spiro atoms. The molecule has 0 saturated heterocycles. The second-order valence-electron chi connectivity index (χ2n) is 4.60. The minimum atomic E-state index is 0.245. The summed E-state index contributed by atoms with van der Waals surface area (Å²) < 4.78 is 0. The second kappa shape index (κ2) is 4.57. The number of aryl methyl sites for hydroxylation is 1. The fraction of sp³-hybridized carbons (Fsp3) is 0.125. The number of nitrogens with one attached hydrogen (secondary N) is 2. The van der Waals surface area contributed by atoms with Crippen molar-refractivity contribution in [3.05, 3.63) is 83.4 Å². The lowest BCUT2D eigenvalue weighted by Crippen LogP contribution is -2.04. The molecule has 0 fully saturated rings. The summed E-state index contributed by atoms with van der Waals surface area (Å²) in [5, 5.41) is 0. The molecule has 2 heteroatoms. The van der Waals surface area contributed by atoms with Crippen LogP contribution in [0.2, 0.25) is 0 Å². The standard InChI is InChI=1S/C16H16N2/c1-12-5-2-6-13(11-12)16(14-7-3-9-17-14)15-8-4-10-18-15/h2-11,16-18H,1H3. The predicted octanol–water partition coefficient (Wildman–Crippen LogP) is 3.83. The molecule has 0 aliphatic rings. The Balaban J connectivity index is 2.11. The van der Waals surface area contributed by atoms with Gasteiger partial charge in [0.25, 0.3) is 0 Å². The van der Waals surface area contributed by atoms with Crippen molar-refractivity contribution in [3.8, 4) is 0 Å². The number of rotatable bonds is 3. The van der Waals surface area contributed by atoms with Crippen LogP contribution in [0, 0.1) is 6.92 Å². The first-order chi connectivity index (χ1) is 8.84. The van der Waals surface area contributed by atoms with E-state index in [-0.39, 0.29) is 5.92 Å². The van der Waals surface area contributed by atoms with E-state index in [1.807, 2.05) is 24.5 Å². The summed E-state index contributed by atoms with van der Waals surface area (Å²) in [5.74, 6) is 0.245. The lowest BCUT2D eigenvalue weighted by molar-refractivity contribution is 0.896. The molecule has 3 rings (SSSR count). The Labute approximate surface area is 107 Å². The van der Waals surface area contributed by atoms with Crippen LogP contribution >= 0.6 is 0 Å². The molecule has 2 aromatic heterocycles. The number of hydrogen-bond donors (Lipinski definition) is 2. The van der Waals surface area contributed by atoms with Gasteiger partial charge in [-0.05, 0) is 36.8 Å². The third kappa shape index (κ3) is 1.97. The molecular formula is C16H16N2. The van der Waals surface area contributed by atoms with Crippen LogP contribution in [0.1, 0.15) is 28.4 Å². The van der Waals surface area contributed by atoms with Crippen LogP contribution < -0.4 is 0 Å². The molecule has 0 atom stereocenters. The van der Waals surface area contributed by atoms with Crippen molar-refractivity contribution in [2.75, 3.05) is 0 Å². The molecule has 0 bridgehead atoms. The Bertz CT molecular complexity index is 572. The molecule has 90 valence electrons. The van der Waals surface area contributed by atoms with E-state index in [1.165, 1.54) is 22.5 Å². The fourth-order valence-electron chi connectivity index (χ4n) is 2.42. The highest BCUT2D eigenvalue weighted by molar-refractivity contribution is 5.39. The topological polar surface area (TPSA) is 31.6 Å². The largest absolute Gasteiger partial charge is 0.364 e. The van der Waals surface area contributed by atoms with Crippen molar-refractivity contribution in [3.63, 3.8) is 0 Å². The second-order valence-corrected chi connectivity index (χ2v) is 4.60. The average molecular weight is 236 g/mol. The minimum Gasteiger partial charge on any atom is -0.364 e. The van der Waals surface area contributed by atoms with Gasteiger partial charge in [-0.25, -0.2) is 0 Å². The maximum Gasteiger partial charge on any atom is 0.0641 e. The van der Waals surface area contributed by atoms with Gasteiger partial charge >= 0.3 is 0 Å². The molecule has 2 nitrogen and oxygen atoms in total. The van der Waals surface area contributed by atoms with Crippen molar-refractivity contribution < 1.29 is 0 Å². The van der Waals surface area contributed by atoms with Gasteiger partial charge in [-0.1, -0.05) is 29.8 Å². The average Bonchev–Trinajstić information content (AvgIpc) is 3.02. The molecule has 18 heavy (non-hydrogen) atoms. The normalized spacial score (nSPS) is 11.0. The van der Waals surface area contributed by atoms with E-state index in [2.05, 4.69) is 53.3 Å². The Morgan fingerprint density at radius 3 is 2.00 bits per heavy atom. The molecule has 1 aromatic carbocycles. The number of H-pyrrole nitrogens is 2. The zero-order chi connectivity index (χ0) is 12.4. The van der Waals surface area contributed by atoms with E-state index in [4.69, 9.17) is 0 Å². The highest BCUT2D eigenvalue weighted by atomic mass is 14.7. The van der Waals surface area contributed by atoms with Crippen LogP contribution in [0.25, 0.3) is 0 Å². The van der Waals surface area contributed by atoms with Gasteiger partial charge < -0.3 is 9.97 Å². The quantitative estimate of drug-likeness (QED) is 0.692. The van der Waals surface area contributed by atoms with Gasteiger partial charge in [0.15, 0.2) is 0 Å². The van der Waals surface area contributed by atoms with Crippen LogP contribution in [-0.4, -0.2) is 9.97 Å². The molecule has 2 heterocycles. The Kier molecular flexibility index (Phi) is 2.77. The molecule has 0 saturated carbocycles. The lowest BCUT2D eigenvalue weighted by Gasteiger charge is -2.15. The van der Waals surface area contributed by atoms with Crippen LogP contribution in [-0.2, 0) is 0 Å². The van der Waals surface area contributed by atoms with Gasteiger partial charge in [-0.2, -0.15) is 0 Å². The van der Waals surface area contributed by atoms with Gasteiger partial charge in [-0.15, -0.1) is 0 Å². The van der Waals surface area contributed by atoms with Crippen molar-refractivity contribution in [1.29, 1.82) is 0 Å². The molecule has 0 aliphatic carbocycles. The summed E-state index contributed by atoms with van der Waals surface area (Å²) in [6.07, 6.45) is 3.95. The Morgan fingerprint density at radius 1 is 0.833 bits per heavy atom. The highest BCUT2D eigenvalue weighted by Crippen LogP contribution is 2.30. The van der Waals surface area contributed by atoms with Gasteiger partial charge in [0.05, 0.1) is 5.92 Å². The Morgan fingerprint density at radius 2 is 1.50 bits per heavy atom. The summed E-state index contributed by atoms with van der Waals surface area (Å²) in [6, 6.07) is 17.0.